The predicted octanol–water partition coefficient (Wildman–Crippen LogP) is 32.9. The predicted molar refractivity (Wildman–Crippen MR) is 526 cm³/mol. The summed E-state index contributed by atoms with van der Waals surface area (Å²) < 4.78 is 29.8. The number of Topliss-reactive ketones (excluding diaryl/α,β-unsaturated/α-hetero) is 2. The third kappa shape index (κ3) is 21.6. The van der Waals surface area contributed by atoms with E-state index >= 15 is 0 Å². The molecule has 10 nitrogen and oxygen atoms in total. The van der Waals surface area contributed by atoms with E-state index in [-0.39, 0.29) is 11.9 Å². The van der Waals surface area contributed by atoms with E-state index in [2.05, 4.69) is 173 Å². The van der Waals surface area contributed by atoms with Crippen LogP contribution in [0.5, 0.6) is 0 Å². The van der Waals surface area contributed by atoms with Crippen LogP contribution in [0, 0.1) is 27.7 Å². The number of esters is 2. The van der Waals surface area contributed by atoms with Gasteiger partial charge in [0.2, 0.25) is 0 Å². The lowest BCUT2D eigenvalue weighted by atomic mass is 10.0. The first kappa shape index (κ1) is 87.7. The zero-order valence-corrected chi connectivity index (χ0v) is 80.2. The summed E-state index contributed by atoms with van der Waals surface area (Å²) in [5, 5.41) is 0. The summed E-state index contributed by atoms with van der Waals surface area (Å²) in [6.07, 6.45) is 19.7. The lowest BCUT2D eigenvalue weighted by molar-refractivity contribution is -0.144. The Kier molecular flexibility index (Phi) is 30.6. The largest absolute Gasteiger partial charge is 0.466 e. The Balaban J connectivity index is 0.000000187. The van der Waals surface area contributed by atoms with Gasteiger partial charge in [-0.05, 0) is 262 Å². The van der Waals surface area contributed by atoms with Gasteiger partial charge in [0.05, 0.1) is 36.7 Å². The van der Waals surface area contributed by atoms with Gasteiger partial charge in [-0.2, -0.15) is 17.5 Å². The second-order valence-corrected chi connectivity index (χ2v) is 44.8. The number of benzene rings is 2. The number of ether oxygens (including phenoxy) is 2. The zero-order valence-electron chi connectivity index (χ0n) is 68.8. The van der Waals surface area contributed by atoms with Crippen LogP contribution in [0.4, 0.5) is 0 Å². The summed E-state index contributed by atoms with van der Waals surface area (Å²) in [5.74, 6) is 0.534. The average molecular weight is 1850 g/mol. The summed E-state index contributed by atoms with van der Waals surface area (Å²) >= 11 is 24.9. The second-order valence-electron chi connectivity index (χ2n) is 30.0. The van der Waals surface area contributed by atoms with Gasteiger partial charge in [-0.1, -0.05) is 63.8 Å². The molecule has 0 bridgehead atoms. The van der Waals surface area contributed by atoms with Gasteiger partial charge in [0, 0.05) is 178 Å². The fraction of sp³-hybridized carbons (Fsp3) is 0.333. The number of carbonyl (C=O) groups excluding carboxylic acids is 4. The molecule has 0 aliphatic carbocycles. The Bertz CT molecular complexity index is 5800. The highest BCUT2D eigenvalue weighted by atomic mass is 32.2. The molecule has 16 rings (SSSR count). The number of aryl methyl sites for hydroxylation is 8. The lowest BCUT2D eigenvalue weighted by Crippen LogP contribution is -2.03. The van der Waals surface area contributed by atoms with E-state index in [9.17, 15) is 19.2 Å². The molecule has 0 unspecified atom stereocenters. The van der Waals surface area contributed by atoms with Crippen molar-refractivity contribution < 1.29 is 28.7 Å². The molecule has 0 saturated heterocycles. The van der Waals surface area contributed by atoms with E-state index in [0.29, 0.717) is 63.3 Å². The molecule has 14 aromatic heterocycles. The quantitative estimate of drug-likeness (QED) is 0.0269. The van der Waals surface area contributed by atoms with Crippen molar-refractivity contribution in [2.75, 3.05) is 13.2 Å². The average Bonchev–Trinajstić information content (AvgIpc) is 1.61. The number of rotatable bonds is 40. The molecule has 24 heteroatoms. The minimum Gasteiger partial charge on any atom is -0.466 e. The van der Waals surface area contributed by atoms with E-state index in [1.54, 1.807) is 0 Å². The molecule has 120 heavy (non-hydrogen) atoms. The van der Waals surface area contributed by atoms with Crippen molar-refractivity contribution >= 4 is 205 Å². The lowest BCUT2D eigenvalue weighted by Gasteiger charge is -2.05. The molecule has 0 aliphatic heterocycles. The second kappa shape index (κ2) is 42.0. The van der Waals surface area contributed by atoms with Gasteiger partial charge >= 0.3 is 11.9 Å². The van der Waals surface area contributed by atoms with Gasteiger partial charge in [0.1, 0.15) is 33.6 Å². The summed E-state index contributed by atoms with van der Waals surface area (Å²) in [4.78, 5) is 78.8. The van der Waals surface area contributed by atoms with Crippen LogP contribution in [-0.2, 0) is 54.3 Å². The maximum Gasteiger partial charge on any atom is 0.305 e. The SMILES string of the molecule is CCC(=O)CCCCCc1cc(-c2ccc(C)s2)sc1-c1ccc(-c2ccc(-c3ccc(-c4sc(-c5ccc(C)s5)cc4CCCCCC(=O)CC)s3)c3nsnc23)s1.CCOC(=O)CCCCCc1cc(-c2ccc(C)s2)sc1-c1ccc(-c2ccc(-c3ccc(-c4sc(-c5ccc(C)s5)cc4CCCCCC(=O)OCC)s3)c3nsnc23)s1. The van der Waals surface area contributed by atoms with Crippen LogP contribution in [0.2, 0.25) is 0 Å². The number of ketones is 2. The number of nitrogens with zero attached hydrogens (tertiary/aromatic N) is 4. The Morgan fingerprint density at radius 1 is 0.258 bits per heavy atom. The molecule has 0 atom stereocenters. The molecular formula is C96H96N4O6S14. The van der Waals surface area contributed by atoms with E-state index in [0.717, 1.165) is 147 Å². The third-order valence-corrected chi connectivity index (χ3v) is 37.0. The van der Waals surface area contributed by atoms with Crippen molar-refractivity contribution in [3.8, 4) is 120 Å². The first-order valence-corrected chi connectivity index (χ1v) is 52.9. The van der Waals surface area contributed by atoms with Crippen molar-refractivity contribution in [3.63, 3.8) is 0 Å². The summed E-state index contributed by atoms with van der Waals surface area (Å²) in [6.45, 7) is 17.2. The number of fused-ring (bicyclic) bond motifs is 2. The van der Waals surface area contributed by atoms with Gasteiger partial charge in [-0.25, -0.2) is 0 Å². The molecule has 0 N–H and O–H groups in total. The summed E-state index contributed by atoms with van der Waals surface area (Å²) in [5.41, 5.74) is 13.9. The molecule has 0 fully saturated rings. The first-order chi connectivity index (χ1) is 58.5. The van der Waals surface area contributed by atoms with Crippen LogP contribution in [-0.4, -0.2) is 54.2 Å². The maximum atomic E-state index is 11.9. The molecule has 620 valence electrons. The Morgan fingerprint density at radius 3 is 0.733 bits per heavy atom. The van der Waals surface area contributed by atoms with Crippen molar-refractivity contribution in [1.29, 1.82) is 0 Å². The van der Waals surface area contributed by atoms with E-state index in [1.807, 2.05) is 164 Å². The molecule has 0 spiro atoms. The molecule has 0 saturated carbocycles. The fourth-order valence-electron chi connectivity index (χ4n) is 15.0. The fourth-order valence-corrected chi connectivity index (χ4v) is 29.5. The molecule has 2 aromatic carbocycles. The number of hydrogen-bond donors (Lipinski definition) is 0. The smallest absolute Gasteiger partial charge is 0.305 e. The van der Waals surface area contributed by atoms with Crippen molar-refractivity contribution in [3.05, 3.63) is 187 Å². The standard InChI is InChI=1S/C48H48N2O4S7.C48H48N2O2S7/c1-5-53-43(51)15-11-7-9-13-31-27-41(37-21-17-29(3)55-37)59-47(31)39-25-23-35(57-39)33-19-20-34(46-45(33)49-61-50-46)36-24-26-40(58-36)48-32(14-10-8-12-16-44(52)54-6-2)28-42(60-48)38-22-18-30(4)56-38;1-5-33(51)15-11-7-9-13-31-27-43(39-21-17-29(3)53-39)57-47(31)41-25-23-37(55-41)35-19-20-36(46-45(35)49-59-50-46)38-24-26-42(56-38)48-32(14-10-8-12-16-34(52)6-2)28-44(58-48)40-22-18-30(4)54-40/h17-28H,5-16H2,1-4H3;17-28H,5-16H2,1-4H3. The highest BCUT2D eigenvalue weighted by molar-refractivity contribution is 7.30. The number of hydrogen-bond acceptors (Lipinski definition) is 24. The van der Waals surface area contributed by atoms with Crippen molar-refractivity contribution in [1.82, 2.24) is 17.5 Å². The van der Waals surface area contributed by atoms with E-state index in [4.69, 9.17) is 27.0 Å². The van der Waals surface area contributed by atoms with Gasteiger partial charge in [0.25, 0.3) is 0 Å². The zero-order chi connectivity index (χ0) is 83.2. The van der Waals surface area contributed by atoms with Gasteiger partial charge < -0.3 is 9.47 Å². The maximum absolute atomic E-state index is 11.9. The minimum atomic E-state index is -0.100. The van der Waals surface area contributed by atoms with Crippen LogP contribution in [0.15, 0.2) is 146 Å². The molecule has 14 heterocycles. The highest BCUT2D eigenvalue weighted by Crippen LogP contribution is 2.53. The minimum absolute atomic E-state index is 0.100. The van der Waals surface area contributed by atoms with Crippen molar-refractivity contribution in [2.24, 2.45) is 0 Å². The number of unbranched alkanes of at least 4 members (excludes halogenated alkanes) is 8. The van der Waals surface area contributed by atoms with Crippen molar-refractivity contribution in [2.45, 2.75) is 197 Å². The Labute approximate surface area is 760 Å². The van der Waals surface area contributed by atoms with Crippen LogP contribution in [0.1, 0.15) is 185 Å². The highest BCUT2D eigenvalue weighted by Gasteiger charge is 2.26. The van der Waals surface area contributed by atoms with Crippen LogP contribution in [0.25, 0.3) is 142 Å². The number of carbonyl (C=O) groups is 4. The van der Waals surface area contributed by atoms with Crippen LogP contribution in [0.3, 0.4) is 0 Å². The molecular weight excluding hydrogens is 1750 g/mol. The summed E-state index contributed by atoms with van der Waals surface area (Å²) in [7, 11) is 0. The van der Waals surface area contributed by atoms with Gasteiger partial charge in [-0.15, -0.1) is 136 Å². The van der Waals surface area contributed by atoms with E-state index in [1.165, 1.54) is 163 Å². The Morgan fingerprint density at radius 2 is 0.500 bits per heavy atom. The van der Waals surface area contributed by atoms with Gasteiger partial charge in [-0.3, -0.25) is 19.2 Å². The topological polar surface area (TPSA) is 138 Å². The normalized spacial score (nSPS) is 11.6. The molecule has 0 aliphatic rings. The summed E-state index contributed by atoms with van der Waals surface area (Å²) in [6, 6.07) is 54.5. The third-order valence-electron chi connectivity index (χ3n) is 21.2. The number of thiophene rings is 12. The molecule has 16 aromatic rings. The first-order valence-electron chi connectivity index (χ1n) is 41.6. The van der Waals surface area contributed by atoms with Crippen LogP contribution < -0.4 is 0 Å². The van der Waals surface area contributed by atoms with Gasteiger partial charge in [0.15, 0.2) is 0 Å². The monoisotopic (exact) mass is 1850 g/mol. The Hall–Kier alpha value is -7.24. The molecule has 0 amide bonds. The number of aromatic nitrogens is 4. The van der Waals surface area contributed by atoms with E-state index < -0.39 is 0 Å². The van der Waals surface area contributed by atoms with Crippen LogP contribution >= 0.6 is 159 Å². The molecule has 0 radical (unpaired) electrons.